The molecule has 0 fully saturated rings. The largest absolute Gasteiger partial charge is 0.452 e. The van der Waals surface area contributed by atoms with E-state index < -0.39 is 23.4 Å². The third-order valence-corrected chi connectivity index (χ3v) is 3.57. The lowest BCUT2D eigenvalue weighted by Crippen LogP contribution is -2.20. The van der Waals surface area contributed by atoms with Gasteiger partial charge in [0, 0.05) is 28.9 Å². The lowest BCUT2D eigenvalue weighted by molar-refractivity contribution is -0.384. The standard InChI is InChI=1S/C18H15ClN2O5/c1-12-2-6-14(19)10-16(12)20-17(22)11-26-18(23)9-5-13-3-7-15(8-4-13)21(24)25/h2-10H,11H2,1H3,(H,20,22)/b9-5+. The van der Waals surface area contributed by atoms with Crippen LogP contribution < -0.4 is 5.32 Å². The third kappa shape index (κ3) is 5.71. The van der Waals surface area contributed by atoms with E-state index in [1.54, 1.807) is 18.2 Å². The summed E-state index contributed by atoms with van der Waals surface area (Å²) < 4.78 is 4.85. The van der Waals surface area contributed by atoms with Crippen LogP contribution in [0, 0.1) is 17.0 Å². The molecular formula is C18H15ClN2O5. The highest BCUT2D eigenvalue weighted by Gasteiger charge is 2.08. The summed E-state index contributed by atoms with van der Waals surface area (Å²) in [5, 5.41) is 13.7. The minimum Gasteiger partial charge on any atom is -0.452 e. The van der Waals surface area contributed by atoms with Gasteiger partial charge in [0.15, 0.2) is 6.61 Å². The van der Waals surface area contributed by atoms with E-state index in [0.29, 0.717) is 16.3 Å². The van der Waals surface area contributed by atoms with E-state index in [9.17, 15) is 19.7 Å². The lowest BCUT2D eigenvalue weighted by Gasteiger charge is -2.08. The monoisotopic (exact) mass is 374 g/mol. The second-order valence-corrected chi connectivity index (χ2v) is 5.73. The summed E-state index contributed by atoms with van der Waals surface area (Å²) in [5.41, 5.74) is 1.91. The number of benzene rings is 2. The van der Waals surface area contributed by atoms with E-state index in [2.05, 4.69) is 5.32 Å². The summed E-state index contributed by atoms with van der Waals surface area (Å²) in [6, 6.07) is 10.7. The van der Waals surface area contributed by atoms with E-state index in [-0.39, 0.29) is 5.69 Å². The van der Waals surface area contributed by atoms with E-state index in [1.807, 2.05) is 6.92 Å². The van der Waals surface area contributed by atoms with E-state index in [1.165, 1.54) is 30.3 Å². The van der Waals surface area contributed by atoms with Gasteiger partial charge in [-0.25, -0.2) is 4.79 Å². The Morgan fingerprint density at radius 2 is 1.92 bits per heavy atom. The molecule has 0 aromatic heterocycles. The van der Waals surface area contributed by atoms with Crippen LogP contribution in [-0.2, 0) is 14.3 Å². The number of rotatable bonds is 6. The summed E-state index contributed by atoms with van der Waals surface area (Å²) >= 11 is 5.87. The number of hydrogen-bond donors (Lipinski definition) is 1. The second-order valence-electron chi connectivity index (χ2n) is 5.30. The summed E-state index contributed by atoms with van der Waals surface area (Å²) in [7, 11) is 0. The number of hydrogen-bond acceptors (Lipinski definition) is 5. The Labute approximate surface area is 154 Å². The summed E-state index contributed by atoms with van der Waals surface area (Å²) in [6.45, 7) is 1.36. The van der Waals surface area contributed by atoms with Crippen molar-refractivity contribution in [3.8, 4) is 0 Å². The van der Waals surface area contributed by atoms with Crippen molar-refractivity contribution in [2.24, 2.45) is 0 Å². The van der Waals surface area contributed by atoms with E-state index >= 15 is 0 Å². The maximum absolute atomic E-state index is 11.8. The van der Waals surface area contributed by atoms with Gasteiger partial charge < -0.3 is 10.1 Å². The Hall–Kier alpha value is -3.19. The van der Waals surface area contributed by atoms with Crippen molar-refractivity contribution in [2.75, 3.05) is 11.9 Å². The van der Waals surface area contributed by atoms with Crippen molar-refractivity contribution >= 4 is 40.9 Å². The number of nitrogens with zero attached hydrogens (tertiary/aromatic N) is 1. The topological polar surface area (TPSA) is 98.5 Å². The quantitative estimate of drug-likeness (QED) is 0.359. The molecule has 26 heavy (non-hydrogen) atoms. The predicted molar refractivity (Wildman–Crippen MR) is 97.9 cm³/mol. The molecule has 0 bridgehead atoms. The van der Waals surface area contributed by atoms with Gasteiger partial charge in [0.05, 0.1) is 4.92 Å². The minimum absolute atomic E-state index is 0.0438. The molecule has 134 valence electrons. The number of ether oxygens (including phenoxy) is 1. The molecule has 0 saturated heterocycles. The zero-order valence-corrected chi connectivity index (χ0v) is 14.5. The Morgan fingerprint density at radius 1 is 1.23 bits per heavy atom. The van der Waals surface area contributed by atoms with Crippen LogP contribution in [0.4, 0.5) is 11.4 Å². The first-order valence-corrected chi connectivity index (χ1v) is 7.88. The number of carbonyl (C=O) groups excluding carboxylic acids is 2. The normalized spacial score (nSPS) is 10.5. The highest BCUT2D eigenvalue weighted by molar-refractivity contribution is 6.31. The van der Waals surface area contributed by atoms with Crippen molar-refractivity contribution in [1.29, 1.82) is 0 Å². The first-order chi connectivity index (χ1) is 12.3. The van der Waals surface area contributed by atoms with Crippen LogP contribution in [0.5, 0.6) is 0 Å². The van der Waals surface area contributed by atoms with Crippen molar-refractivity contribution in [2.45, 2.75) is 6.92 Å². The molecule has 1 N–H and O–H groups in total. The van der Waals surface area contributed by atoms with E-state index in [4.69, 9.17) is 16.3 Å². The zero-order valence-electron chi connectivity index (χ0n) is 13.8. The Morgan fingerprint density at radius 3 is 2.58 bits per heavy atom. The van der Waals surface area contributed by atoms with Crippen LogP contribution in [0.1, 0.15) is 11.1 Å². The molecule has 0 aliphatic carbocycles. The average molecular weight is 375 g/mol. The Kier molecular flexibility index (Phi) is 6.46. The van der Waals surface area contributed by atoms with E-state index in [0.717, 1.165) is 11.6 Å². The van der Waals surface area contributed by atoms with Crippen molar-refractivity contribution in [3.63, 3.8) is 0 Å². The number of anilines is 1. The molecule has 0 heterocycles. The van der Waals surface area contributed by atoms with Gasteiger partial charge in [-0.2, -0.15) is 0 Å². The number of non-ortho nitro benzene ring substituents is 1. The number of nitro benzene ring substituents is 1. The molecule has 0 aliphatic heterocycles. The van der Waals surface area contributed by atoms with Gasteiger partial charge in [0.1, 0.15) is 0 Å². The zero-order chi connectivity index (χ0) is 19.1. The molecule has 0 unspecified atom stereocenters. The van der Waals surface area contributed by atoms with Gasteiger partial charge >= 0.3 is 5.97 Å². The van der Waals surface area contributed by atoms with Gasteiger partial charge in [0.25, 0.3) is 11.6 Å². The number of esters is 1. The fourth-order valence-electron chi connectivity index (χ4n) is 1.97. The molecule has 0 saturated carbocycles. The molecule has 0 radical (unpaired) electrons. The second kappa shape index (κ2) is 8.77. The first-order valence-electron chi connectivity index (χ1n) is 7.50. The van der Waals surface area contributed by atoms with Crippen molar-refractivity contribution in [1.82, 2.24) is 0 Å². The Bertz CT molecular complexity index is 862. The van der Waals surface area contributed by atoms with Crippen LogP contribution in [0.2, 0.25) is 5.02 Å². The van der Waals surface area contributed by atoms with Crippen LogP contribution in [0.25, 0.3) is 6.08 Å². The fraction of sp³-hybridized carbons (Fsp3) is 0.111. The molecule has 7 nitrogen and oxygen atoms in total. The summed E-state index contributed by atoms with van der Waals surface area (Å²) in [6.07, 6.45) is 2.57. The molecule has 0 spiro atoms. The van der Waals surface area contributed by atoms with Gasteiger partial charge in [0.2, 0.25) is 0 Å². The van der Waals surface area contributed by atoms with Gasteiger partial charge in [-0.15, -0.1) is 0 Å². The SMILES string of the molecule is Cc1ccc(Cl)cc1NC(=O)COC(=O)/C=C/c1ccc([N+](=O)[O-])cc1. The number of nitro groups is 1. The third-order valence-electron chi connectivity index (χ3n) is 3.34. The molecular weight excluding hydrogens is 360 g/mol. The maximum Gasteiger partial charge on any atom is 0.331 e. The molecule has 2 aromatic carbocycles. The number of aryl methyl sites for hydroxylation is 1. The van der Waals surface area contributed by atoms with Crippen molar-refractivity contribution < 1.29 is 19.2 Å². The minimum atomic E-state index is -0.707. The summed E-state index contributed by atoms with van der Waals surface area (Å²) in [5.74, 6) is -1.20. The van der Waals surface area contributed by atoms with Gasteiger partial charge in [-0.05, 0) is 48.4 Å². The molecule has 2 rings (SSSR count). The molecule has 8 heteroatoms. The molecule has 1 amide bonds. The highest BCUT2D eigenvalue weighted by Crippen LogP contribution is 2.20. The fourth-order valence-corrected chi connectivity index (χ4v) is 2.14. The number of nitrogens with one attached hydrogen (secondary N) is 1. The smallest absolute Gasteiger partial charge is 0.331 e. The molecule has 0 atom stereocenters. The van der Waals surface area contributed by atoms with Gasteiger partial charge in [-0.3, -0.25) is 14.9 Å². The lowest BCUT2D eigenvalue weighted by atomic mass is 10.2. The van der Waals surface area contributed by atoms with Crippen molar-refractivity contribution in [3.05, 3.63) is 74.8 Å². The average Bonchev–Trinajstić information content (AvgIpc) is 2.61. The number of amides is 1. The number of halogens is 1. The Balaban J connectivity index is 1.84. The highest BCUT2D eigenvalue weighted by atomic mass is 35.5. The van der Waals surface area contributed by atoms with Crippen LogP contribution in [0.15, 0.2) is 48.5 Å². The maximum atomic E-state index is 11.8. The van der Waals surface area contributed by atoms with Crippen LogP contribution >= 0.6 is 11.6 Å². The van der Waals surface area contributed by atoms with Crippen LogP contribution in [-0.4, -0.2) is 23.4 Å². The molecule has 2 aromatic rings. The first kappa shape index (κ1) is 19.1. The predicted octanol–water partition coefficient (Wildman–Crippen LogP) is 3.75. The van der Waals surface area contributed by atoms with Gasteiger partial charge in [-0.1, -0.05) is 17.7 Å². The number of carbonyl (C=O) groups is 2. The molecule has 0 aliphatic rings. The summed E-state index contributed by atoms with van der Waals surface area (Å²) in [4.78, 5) is 33.5. The van der Waals surface area contributed by atoms with Crippen LogP contribution in [0.3, 0.4) is 0 Å².